The minimum absolute atomic E-state index is 0.303. The molecule has 0 radical (unpaired) electrons. The van der Waals surface area contributed by atoms with E-state index in [1.807, 2.05) is 0 Å². The summed E-state index contributed by atoms with van der Waals surface area (Å²) in [4.78, 5) is 0. The molecule has 5 nitrogen and oxygen atoms in total. The van der Waals surface area contributed by atoms with Crippen LogP contribution in [0, 0.1) is 5.41 Å². The maximum Gasteiger partial charge on any atom is 0.0701 e. The fourth-order valence-electron chi connectivity index (χ4n) is 2.22. The summed E-state index contributed by atoms with van der Waals surface area (Å²) in [5.41, 5.74) is 0.385. The van der Waals surface area contributed by atoms with E-state index in [-0.39, 0.29) is 0 Å². The van der Waals surface area contributed by atoms with Gasteiger partial charge in [0.15, 0.2) is 0 Å². The van der Waals surface area contributed by atoms with E-state index in [0.717, 1.165) is 32.5 Å². The molecule has 0 saturated heterocycles. The number of aliphatic hydroxyl groups excluding tert-OH is 1. The van der Waals surface area contributed by atoms with Gasteiger partial charge in [-0.05, 0) is 31.1 Å². The van der Waals surface area contributed by atoms with E-state index in [4.69, 9.17) is 19.3 Å². The molecule has 2 N–H and O–H groups in total. The molecule has 1 aliphatic carbocycles. The van der Waals surface area contributed by atoms with Crippen LogP contribution in [0.2, 0.25) is 0 Å². The lowest BCUT2D eigenvalue weighted by Gasteiger charge is -2.14. The predicted molar refractivity (Wildman–Crippen MR) is 83.6 cm³/mol. The molecule has 0 aromatic heterocycles. The largest absolute Gasteiger partial charge is 0.396 e. The van der Waals surface area contributed by atoms with Crippen molar-refractivity contribution in [2.24, 2.45) is 5.41 Å². The van der Waals surface area contributed by atoms with Gasteiger partial charge in [-0.25, -0.2) is 0 Å². The first-order valence-electron chi connectivity index (χ1n) is 8.38. The Labute approximate surface area is 129 Å². The van der Waals surface area contributed by atoms with Crippen molar-refractivity contribution in [2.75, 3.05) is 59.3 Å². The molecule has 0 aliphatic heterocycles. The van der Waals surface area contributed by atoms with E-state index < -0.39 is 0 Å². The van der Waals surface area contributed by atoms with Crippen LogP contribution < -0.4 is 5.32 Å². The zero-order valence-corrected chi connectivity index (χ0v) is 13.6. The highest BCUT2D eigenvalue weighted by Crippen LogP contribution is 2.47. The summed E-state index contributed by atoms with van der Waals surface area (Å²) < 4.78 is 16.3. The van der Waals surface area contributed by atoms with Crippen molar-refractivity contribution in [1.82, 2.24) is 5.32 Å². The van der Waals surface area contributed by atoms with Crippen LogP contribution in [0.4, 0.5) is 0 Å². The lowest BCUT2D eigenvalue weighted by atomic mass is 10.0. The van der Waals surface area contributed by atoms with Crippen LogP contribution >= 0.6 is 0 Å². The van der Waals surface area contributed by atoms with Gasteiger partial charge in [0.1, 0.15) is 0 Å². The van der Waals surface area contributed by atoms with Crippen LogP contribution in [-0.4, -0.2) is 64.4 Å². The van der Waals surface area contributed by atoms with Gasteiger partial charge < -0.3 is 24.6 Å². The van der Waals surface area contributed by atoms with Crippen LogP contribution in [-0.2, 0) is 14.2 Å². The minimum Gasteiger partial charge on any atom is -0.396 e. The number of aliphatic hydroxyl groups is 1. The Balaban J connectivity index is 1.71. The molecule has 1 fully saturated rings. The monoisotopic (exact) mass is 303 g/mol. The van der Waals surface area contributed by atoms with E-state index in [1.165, 1.54) is 19.3 Å². The highest BCUT2D eigenvalue weighted by atomic mass is 16.5. The lowest BCUT2D eigenvalue weighted by molar-refractivity contribution is 0.0145. The summed E-state index contributed by atoms with van der Waals surface area (Å²) in [6.45, 7) is 8.47. The second-order valence-corrected chi connectivity index (χ2v) is 5.84. The van der Waals surface area contributed by atoms with Crippen molar-refractivity contribution < 1.29 is 19.3 Å². The molecule has 5 heteroatoms. The summed E-state index contributed by atoms with van der Waals surface area (Å²) in [6.07, 6.45) is 5.71. The maximum atomic E-state index is 8.97. The SMILES string of the molecule is CCCCOCCOCCOCCNCC1(CCO)CC1. The Hall–Kier alpha value is -0.200. The van der Waals surface area contributed by atoms with Crippen molar-refractivity contribution in [3.8, 4) is 0 Å². The smallest absolute Gasteiger partial charge is 0.0701 e. The van der Waals surface area contributed by atoms with Crippen LogP contribution in [0.15, 0.2) is 0 Å². The van der Waals surface area contributed by atoms with Crippen molar-refractivity contribution >= 4 is 0 Å². The van der Waals surface area contributed by atoms with Gasteiger partial charge in [0.05, 0.1) is 33.0 Å². The average Bonchev–Trinajstić information content (AvgIpc) is 3.24. The fraction of sp³-hybridized carbons (Fsp3) is 1.00. The normalized spacial score (nSPS) is 16.3. The number of ether oxygens (including phenoxy) is 3. The van der Waals surface area contributed by atoms with E-state index in [1.54, 1.807) is 0 Å². The third-order valence-electron chi connectivity index (χ3n) is 3.91. The Morgan fingerprint density at radius 1 is 0.952 bits per heavy atom. The molecule has 21 heavy (non-hydrogen) atoms. The molecule has 0 atom stereocenters. The Kier molecular flexibility index (Phi) is 11.1. The van der Waals surface area contributed by atoms with Crippen molar-refractivity contribution in [1.29, 1.82) is 0 Å². The molecule has 0 aromatic rings. The van der Waals surface area contributed by atoms with Gasteiger partial charge in [-0.3, -0.25) is 0 Å². The van der Waals surface area contributed by atoms with Gasteiger partial charge in [0.2, 0.25) is 0 Å². The van der Waals surface area contributed by atoms with Crippen molar-refractivity contribution in [2.45, 2.75) is 39.0 Å². The minimum atomic E-state index is 0.303. The first-order valence-corrected chi connectivity index (χ1v) is 8.38. The van der Waals surface area contributed by atoms with Crippen LogP contribution in [0.5, 0.6) is 0 Å². The highest BCUT2D eigenvalue weighted by Gasteiger charge is 2.41. The molecular weight excluding hydrogens is 270 g/mol. The molecule has 1 aliphatic rings. The third-order valence-corrected chi connectivity index (χ3v) is 3.91. The molecule has 1 rings (SSSR count). The third kappa shape index (κ3) is 10.2. The van der Waals surface area contributed by atoms with E-state index in [9.17, 15) is 0 Å². The molecule has 0 aromatic carbocycles. The fourth-order valence-corrected chi connectivity index (χ4v) is 2.22. The molecule has 0 unspecified atom stereocenters. The molecular formula is C16H33NO4. The predicted octanol–water partition coefficient (Wildman–Crippen LogP) is 1.59. The summed E-state index contributed by atoms with van der Waals surface area (Å²) in [6, 6.07) is 0. The van der Waals surface area contributed by atoms with Crippen LogP contribution in [0.1, 0.15) is 39.0 Å². The second-order valence-electron chi connectivity index (χ2n) is 5.84. The molecule has 0 heterocycles. The first kappa shape index (κ1) is 18.8. The Morgan fingerprint density at radius 3 is 2.14 bits per heavy atom. The van der Waals surface area contributed by atoms with Gasteiger partial charge in [0, 0.05) is 26.3 Å². The standard InChI is InChI=1S/C16H33NO4/c1-2-3-9-19-11-13-21-14-12-20-10-7-17-15-16(4-5-16)6-8-18/h17-18H,2-15H2,1H3. The lowest BCUT2D eigenvalue weighted by Crippen LogP contribution is -2.28. The van der Waals surface area contributed by atoms with E-state index in [2.05, 4.69) is 12.2 Å². The van der Waals surface area contributed by atoms with Crippen LogP contribution in [0.3, 0.4) is 0 Å². The number of unbranched alkanes of at least 4 members (excludes halogenated alkanes) is 1. The van der Waals surface area contributed by atoms with Gasteiger partial charge >= 0.3 is 0 Å². The van der Waals surface area contributed by atoms with Crippen LogP contribution in [0.25, 0.3) is 0 Å². The topological polar surface area (TPSA) is 60.0 Å². The summed E-state index contributed by atoms with van der Waals surface area (Å²) in [5.74, 6) is 0. The number of hydrogen-bond donors (Lipinski definition) is 2. The first-order chi connectivity index (χ1) is 10.3. The number of nitrogens with one attached hydrogen (secondary N) is 1. The Morgan fingerprint density at radius 2 is 1.57 bits per heavy atom. The maximum absolute atomic E-state index is 8.97. The van der Waals surface area contributed by atoms with E-state index >= 15 is 0 Å². The van der Waals surface area contributed by atoms with Crippen molar-refractivity contribution in [3.63, 3.8) is 0 Å². The summed E-state index contributed by atoms with van der Waals surface area (Å²) in [7, 11) is 0. The molecule has 1 saturated carbocycles. The Bertz CT molecular complexity index is 234. The average molecular weight is 303 g/mol. The quantitative estimate of drug-likeness (QED) is 0.424. The number of hydrogen-bond acceptors (Lipinski definition) is 5. The highest BCUT2D eigenvalue weighted by molar-refractivity contribution is 4.94. The summed E-state index contributed by atoms with van der Waals surface area (Å²) in [5, 5.41) is 12.4. The molecule has 0 amide bonds. The zero-order chi connectivity index (χ0) is 15.2. The summed E-state index contributed by atoms with van der Waals surface area (Å²) >= 11 is 0. The van der Waals surface area contributed by atoms with Gasteiger partial charge in [0.25, 0.3) is 0 Å². The molecule has 0 bridgehead atoms. The number of rotatable bonds is 16. The van der Waals surface area contributed by atoms with Gasteiger partial charge in [-0.15, -0.1) is 0 Å². The van der Waals surface area contributed by atoms with Gasteiger partial charge in [-0.1, -0.05) is 13.3 Å². The molecule has 126 valence electrons. The zero-order valence-electron chi connectivity index (χ0n) is 13.6. The van der Waals surface area contributed by atoms with Crippen molar-refractivity contribution in [3.05, 3.63) is 0 Å². The molecule has 0 spiro atoms. The van der Waals surface area contributed by atoms with E-state index in [0.29, 0.717) is 45.1 Å². The van der Waals surface area contributed by atoms with Gasteiger partial charge in [-0.2, -0.15) is 0 Å². The second kappa shape index (κ2) is 12.4.